The SMILES string of the molecule is COCCNCC(=O)NCCOCc1ccccc1.Cl. The van der Waals surface area contributed by atoms with Gasteiger partial charge in [-0.05, 0) is 5.56 Å². The van der Waals surface area contributed by atoms with Crippen molar-refractivity contribution in [2.75, 3.05) is 40.0 Å². The summed E-state index contributed by atoms with van der Waals surface area (Å²) < 4.78 is 10.3. The van der Waals surface area contributed by atoms with E-state index in [1.54, 1.807) is 7.11 Å². The van der Waals surface area contributed by atoms with Crippen molar-refractivity contribution >= 4 is 18.3 Å². The van der Waals surface area contributed by atoms with Crippen LogP contribution in [0.15, 0.2) is 30.3 Å². The van der Waals surface area contributed by atoms with Crippen molar-refractivity contribution in [3.05, 3.63) is 35.9 Å². The maximum absolute atomic E-state index is 11.4. The maximum Gasteiger partial charge on any atom is 0.234 e. The molecule has 0 bridgehead atoms. The first-order valence-electron chi connectivity index (χ1n) is 6.41. The minimum Gasteiger partial charge on any atom is -0.383 e. The van der Waals surface area contributed by atoms with E-state index in [0.29, 0.717) is 39.5 Å². The molecule has 0 saturated heterocycles. The van der Waals surface area contributed by atoms with Crippen LogP contribution >= 0.6 is 12.4 Å². The Bertz CT molecular complexity index is 350. The van der Waals surface area contributed by atoms with Crippen LogP contribution in [0.1, 0.15) is 5.56 Å². The Kier molecular flexibility index (Phi) is 12.1. The molecule has 0 saturated carbocycles. The van der Waals surface area contributed by atoms with E-state index in [1.807, 2.05) is 30.3 Å². The second kappa shape index (κ2) is 12.9. The van der Waals surface area contributed by atoms with Gasteiger partial charge < -0.3 is 20.1 Å². The van der Waals surface area contributed by atoms with Crippen LogP contribution in [0.3, 0.4) is 0 Å². The number of methoxy groups -OCH3 is 1. The summed E-state index contributed by atoms with van der Waals surface area (Å²) in [7, 11) is 1.63. The molecule has 0 aliphatic carbocycles. The van der Waals surface area contributed by atoms with Crippen LogP contribution in [-0.2, 0) is 20.9 Å². The van der Waals surface area contributed by atoms with Gasteiger partial charge in [0.05, 0.1) is 26.4 Å². The van der Waals surface area contributed by atoms with E-state index >= 15 is 0 Å². The molecular weight excluding hydrogens is 280 g/mol. The second-order valence-electron chi connectivity index (χ2n) is 4.06. The van der Waals surface area contributed by atoms with Gasteiger partial charge >= 0.3 is 0 Å². The van der Waals surface area contributed by atoms with Crippen molar-refractivity contribution in [3.8, 4) is 0 Å². The molecule has 6 heteroatoms. The number of hydrogen-bond acceptors (Lipinski definition) is 4. The molecule has 0 spiro atoms. The average Bonchev–Trinajstić information content (AvgIpc) is 2.44. The monoisotopic (exact) mass is 302 g/mol. The Labute approximate surface area is 126 Å². The molecule has 1 amide bonds. The number of carbonyl (C=O) groups excluding carboxylic acids is 1. The Morgan fingerprint density at radius 1 is 1.15 bits per heavy atom. The van der Waals surface area contributed by atoms with Gasteiger partial charge in [0, 0.05) is 20.2 Å². The number of nitrogens with one attached hydrogen (secondary N) is 2. The summed E-state index contributed by atoms with van der Waals surface area (Å²) in [6, 6.07) is 9.95. The Morgan fingerprint density at radius 2 is 1.90 bits per heavy atom. The second-order valence-corrected chi connectivity index (χ2v) is 4.06. The average molecular weight is 303 g/mol. The standard InChI is InChI=1S/C14H22N2O3.ClH/c1-18-9-7-15-11-14(17)16-8-10-19-12-13-5-3-2-4-6-13;/h2-6,15H,7-12H2,1H3,(H,16,17);1H. The fourth-order valence-electron chi connectivity index (χ4n) is 1.47. The number of amides is 1. The number of halogens is 1. The predicted molar refractivity (Wildman–Crippen MR) is 81.1 cm³/mol. The summed E-state index contributed by atoms with van der Waals surface area (Å²) in [6.07, 6.45) is 0. The van der Waals surface area contributed by atoms with E-state index in [-0.39, 0.29) is 18.3 Å². The lowest BCUT2D eigenvalue weighted by Gasteiger charge is -2.07. The van der Waals surface area contributed by atoms with Crippen LogP contribution in [-0.4, -0.2) is 45.9 Å². The molecule has 0 fully saturated rings. The fourth-order valence-corrected chi connectivity index (χ4v) is 1.47. The van der Waals surface area contributed by atoms with E-state index in [9.17, 15) is 4.79 Å². The van der Waals surface area contributed by atoms with Crippen molar-refractivity contribution in [1.29, 1.82) is 0 Å². The van der Waals surface area contributed by atoms with Gasteiger partial charge in [-0.15, -0.1) is 12.4 Å². The molecule has 0 aliphatic heterocycles. The third kappa shape index (κ3) is 9.75. The van der Waals surface area contributed by atoms with Crippen molar-refractivity contribution in [3.63, 3.8) is 0 Å². The van der Waals surface area contributed by atoms with E-state index in [4.69, 9.17) is 9.47 Å². The van der Waals surface area contributed by atoms with Crippen LogP contribution in [0, 0.1) is 0 Å². The minimum absolute atomic E-state index is 0. The van der Waals surface area contributed by atoms with E-state index in [2.05, 4.69) is 10.6 Å². The molecule has 1 rings (SSSR count). The Hall–Kier alpha value is -1.14. The molecule has 1 aromatic rings. The number of benzene rings is 1. The van der Waals surface area contributed by atoms with Gasteiger partial charge in [-0.25, -0.2) is 0 Å². The molecule has 20 heavy (non-hydrogen) atoms. The van der Waals surface area contributed by atoms with Crippen LogP contribution in [0.4, 0.5) is 0 Å². The van der Waals surface area contributed by atoms with Crippen LogP contribution < -0.4 is 10.6 Å². The van der Waals surface area contributed by atoms with Gasteiger partial charge in [0.1, 0.15) is 0 Å². The van der Waals surface area contributed by atoms with Gasteiger partial charge in [-0.3, -0.25) is 4.79 Å². The van der Waals surface area contributed by atoms with Crippen molar-refractivity contribution in [2.45, 2.75) is 6.61 Å². The van der Waals surface area contributed by atoms with E-state index < -0.39 is 0 Å². The zero-order chi connectivity index (χ0) is 13.8. The van der Waals surface area contributed by atoms with Gasteiger partial charge in [0.15, 0.2) is 0 Å². The summed E-state index contributed by atoms with van der Waals surface area (Å²) in [4.78, 5) is 11.4. The van der Waals surface area contributed by atoms with E-state index in [1.165, 1.54) is 0 Å². The molecule has 0 unspecified atom stereocenters. The van der Waals surface area contributed by atoms with Gasteiger partial charge in [-0.1, -0.05) is 30.3 Å². The third-order valence-corrected chi connectivity index (χ3v) is 2.45. The topological polar surface area (TPSA) is 59.6 Å². The third-order valence-electron chi connectivity index (χ3n) is 2.45. The number of ether oxygens (including phenoxy) is 2. The Morgan fingerprint density at radius 3 is 2.60 bits per heavy atom. The predicted octanol–water partition coefficient (Wildman–Crippen LogP) is 0.977. The zero-order valence-corrected chi connectivity index (χ0v) is 12.6. The van der Waals surface area contributed by atoms with Crippen molar-refractivity contribution in [2.24, 2.45) is 0 Å². The summed E-state index contributed by atoms with van der Waals surface area (Å²) in [5.41, 5.74) is 1.13. The van der Waals surface area contributed by atoms with Crippen LogP contribution in [0.5, 0.6) is 0 Å². The van der Waals surface area contributed by atoms with Gasteiger partial charge in [-0.2, -0.15) is 0 Å². The summed E-state index contributed by atoms with van der Waals surface area (Å²) >= 11 is 0. The number of rotatable bonds is 10. The molecule has 0 aliphatic rings. The highest BCUT2D eigenvalue weighted by Gasteiger charge is 1.99. The summed E-state index contributed by atoms with van der Waals surface area (Å²) in [5.74, 6) is -0.0283. The maximum atomic E-state index is 11.4. The molecule has 0 heterocycles. The lowest BCUT2D eigenvalue weighted by atomic mass is 10.2. The van der Waals surface area contributed by atoms with Crippen molar-refractivity contribution < 1.29 is 14.3 Å². The largest absolute Gasteiger partial charge is 0.383 e. The molecule has 0 radical (unpaired) electrons. The molecule has 5 nitrogen and oxygen atoms in total. The Balaban J connectivity index is 0.00000361. The lowest BCUT2D eigenvalue weighted by Crippen LogP contribution is -2.36. The highest BCUT2D eigenvalue weighted by Crippen LogP contribution is 1.99. The highest BCUT2D eigenvalue weighted by atomic mass is 35.5. The smallest absolute Gasteiger partial charge is 0.234 e. The van der Waals surface area contributed by atoms with Crippen LogP contribution in [0.2, 0.25) is 0 Å². The molecule has 1 aromatic carbocycles. The molecule has 0 aromatic heterocycles. The zero-order valence-electron chi connectivity index (χ0n) is 11.8. The fraction of sp³-hybridized carbons (Fsp3) is 0.500. The van der Waals surface area contributed by atoms with Crippen LogP contribution in [0.25, 0.3) is 0 Å². The summed E-state index contributed by atoms with van der Waals surface area (Å²) in [5, 5.41) is 5.75. The molecular formula is C14H23ClN2O3. The number of carbonyl (C=O) groups is 1. The first-order valence-corrected chi connectivity index (χ1v) is 6.41. The molecule has 2 N–H and O–H groups in total. The summed E-state index contributed by atoms with van der Waals surface area (Å²) in [6.45, 7) is 3.20. The normalized spacial score (nSPS) is 9.85. The first kappa shape index (κ1) is 18.9. The molecule has 114 valence electrons. The van der Waals surface area contributed by atoms with Gasteiger partial charge in [0.25, 0.3) is 0 Å². The highest BCUT2D eigenvalue weighted by molar-refractivity contribution is 5.85. The number of hydrogen-bond donors (Lipinski definition) is 2. The minimum atomic E-state index is -0.0283. The van der Waals surface area contributed by atoms with Gasteiger partial charge in [0.2, 0.25) is 5.91 Å². The first-order chi connectivity index (χ1) is 9.33. The molecule has 0 atom stereocenters. The van der Waals surface area contributed by atoms with E-state index in [0.717, 1.165) is 5.56 Å². The quantitative estimate of drug-likeness (QED) is 0.633. The van der Waals surface area contributed by atoms with Crippen molar-refractivity contribution in [1.82, 2.24) is 10.6 Å². The lowest BCUT2D eigenvalue weighted by molar-refractivity contribution is -0.120.